The van der Waals surface area contributed by atoms with E-state index in [1.54, 1.807) is 0 Å². The van der Waals surface area contributed by atoms with Crippen molar-refractivity contribution < 1.29 is 32.2 Å². The minimum atomic E-state index is -5.33. The van der Waals surface area contributed by atoms with Crippen molar-refractivity contribution in [3.05, 3.63) is 63.7 Å². The third kappa shape index (κ3) is 4.06. The maximum atomic E-state index is 14.9. The van der Waals surface area contributed by atoms with Crippen molar-refractivity contribution in [2.45, 2.75) is 31.2 Å². The molecule has 0 amide bonds. The molecule has 1 unspecified atom stereocenters. The summed E-state index contributed by atoms with van der Waals surface area (Å²) in [6.07, 6.45) is -5.33. The number of nitrogens with zero attached hydrogens (tertiary/aromatic N) is 4. The van der Waals surface area contributed by atoms with Gasteiger partial charge in [-0.1, -0.05) is 5.11 Å². The maximum absolute atomic E-state index is 14.9. The highest BCUT2D eigenvalue weighted by Gasteiger charge is 2.56. The molecule has 150 valence electrons. The monoisotopic (exact) mass is 402 g/mol. The Balaban J connectivity index is 2.86. The van der Waals surface area contributed by atoms with Gasteiger partial charge in [-0.15, -0.1) is 0 Å². The van der Waals surface area contributed by atoms with E-state index in [1.165, 1.54) is 0 Å². The summed E-state index contributed by atoms with van der Waals surface area (Å²) in [6.45, 7) is 0.799. The lowest BCUT2D eigenvalue weighted by Crippen LogP contribution is -2.46. The lowest BCUT2D eigenvalue weighted by Gasteiger charge is -2.30. The summed E-state index contributed by atoms with van der Waals surface area (Å²) in [5.41, 5.74) is 0.290. The zero-order valence-corrected chi connectivity index (χ0v) is 14.7. The molecule has 0 aliphatic heterocycles. The van der Waals surface area contributed by atoms with Gasteiger partial charge in [-0.05, 0) is 49.7 Å². The third-order valence-electron chi connectivity index (χ3n) is 3.99. The largest absolute Gasteiger partial charge is 0.423 e. The molecular formula is C17H15F5N4O2. The summed E-state index contributed by atoms with van der Waals surface area (Å²) in [7, 11) is 0. The second-order valence-electron chi connectivity index (χ2n) is 6.53. The topological polar surface area (TPSA) is 102 Å². The van der Waals surface area contributed by atoms with Gasteiger partial charge in [0.25, 0.3) is 0 Å². The van der Waals surface area contributed by atoms with E-state index in [4.69, 9.17) is 5.53 Å². The highest BCUT2D eigenvalue weighted by atomic mass is 19.4. The highest BCUT2D eigenvalue weighted by molar-refractivity contribution is 5.62. The number of aliphatic hydroxyl groups is 2. The molecule has 1 atom stereocenters. The van der Waals surface area contributed by atoms with Crippen LogP contribution in [-0.2, 0) is 11.2 Å². The van der Waals surface area contributed by atoms with E-state index in [0.717, 1.165) is 38.1 Å². The Bertz CT molecular complexity index is 919. The first-order valence-corrected chi connectivity index (χ1v) is 7.81. The molecule has 1 heterocycles. The predicted molar refractivity (Wildman–Crippen MR) is 88.8 cm³/mol. The average molecular weight is 402 g/mol. The number of pyridine rings is 1. The van der Waals surface area contributed by atoms with E-state index in [1.807, 2.05) is 0 Å². The molecular weight excluding hydrogens is 387 g/mol. The Kier molecular flexibility index (Phi) is 5.65. The van der Waals surface area contributed by atoms with Crippen molar-refractivity contribution in [3.8, 4) is 11.3 Å². The third-order valence-corrected chi connectivity index (χ3v) is 3.99. The zero-order valence-electron chi connectivity index (χ0n) is 14.7. The zero-order chi connectivity index (χ0) is 21.3. The summed E-state index contributed by atoms with van der Waals surface area (Å²) in [6, 6.07) is 4.62. The SMILES string of the molecule is CC(C)(O)c1cc(C(O)(CN=[N+]=[N-])C(F)(F)F)nc(-c2ccc(F)cc2)c1F. The molecule has 0 saturated heterocycles. The van der Waals surface area contributed by atoms with Crippen LogP contribution in [-0.4, -0.2) is 27.9 Å². The van der Waals surface area contributed by atoms with Crippen molar-refractivity contribution in [1.29, 1.82) is 0 Å². The molecule has 0 bridgehead atoms. The summed E-state index contributed by atoms with van der Waals surface area (Å²) in [5.74, 6) is -1.81. The molecule has 0 aliphatic rings. The molecule has 0 fully saturated rings. The van der Waals surface area contributed by atoms with Gasteiger partial charge in [0, 0.05) is 16.0 Å². The Hall–Kier alpha value is -2.75. The van der Waals surface area contributed by atoms with Crippen LogP contribution in [0.2, 0.25) is 0 Å². The van der Waals surface area contributed by atoms with Crippen LogP contribution in [0.25, 0.3) is 21.7 Å². The van der Waals surface area contributed by atoms with Crippen LogP contribution in [0.15, 0.2) is 35.4 Å². The Morgan fingerprint density at radius 3 is 2.14 bits per heavy atom. The predicted octanol–water partition coefficient (Wildman–Crippen LogP) is 4.31. The van der Waals surface area contributed by atoms with Crippen molar-refractivity contribution >= 4 is 0 Å². The van der Waals surface area contributed by atoms with Crippen molar-refractivity contribution in [2.75, 3.05) is 6.54 Å². The molecule has 0 radical (unpaired) electrons. The van der Waals surface area contributed by atoms with Crippen LogP contribution in [0.4, 0.5) is 22.0 Å². The molecule has 1 aromatic carbocycles. The molecule has 28 heavy (non-hydrogen) atoms. The smallest absolute Gasteiger partial charge is 0.386 e. The fourth-order valence-corrected chi connectivity index (χ4v) is 2.44. The summed E-state index contributed by atoms with van der Waals surface area (Å²) >= 11 is 0. The Labute approximate surface area is 155 Å². The van der Waals surface area contributed by atoms with E-state index in [2.05, 4.69) is 15.0 Å². The molecule has 2 aromatic rings. The Morgan fingerprint density at radius 2 is 1.68 bits per heavy atom. The fourth-order valence-electron chi connectivity index (χ4n) is 2.44. The molecule has 0 aliphatic carbocycles. The molecule has 2 N–H and O–H groups in total. The van der Waals surface area contributed by atoms with Crippen LogP contribution in [0.5, 0.6) is 0 Å². The maximum Gasteiger partial charge on any atom is 0.423 e. The first-order valence-electron chi connectivity index (χ1n) is 7.81. The molecule has 11 heteroatoms. The van der Waals surface area contributed by atoms with Gasteiger partial charge >= 0.3 is 6.18 Å². The van der Waals surface area contributed by atoms with Crippen LogP contribution in [0.1, 0.15) is 25.1 Å². The molecule has 2 rings (SSSR count). The number of azide groups is 1. The van der Waals surface area contributed by atoms with Crippen LogP contribution >= 0.6 is 0 Å². The van der Waals surface area contributed by atoms with E-state index in [-0.39, 0.29) is 5.56 Å². The first-order chi connectivity index (χ1) is 12.8. The van der Waals surface area contributed by atoms with Gasteiger partial charge in [-0.2, -0.15) is 13.2 Å². The number of halogens is 5. The first kappa shape index (κ1) is 21.5. The van der Waals surface area contributed by atoms with Gasteiger partial charge in [-0.25, -0.2) is 13.8 Å². The lowest BCUT2D eigenvalue weighted by molar-refractivity contribution is -0.263. The molecule has 0 spiro atoms. The lowest BCUT2D eigenvalue weighted by atomic mass is 9.90. The molecule has 6 nitrogen and oxygen atoms in total. The normalized spacial score (nSPS) is 14.3. The van der Waals surface area contributed by atoms with Gasteiger partial charge in [-0.3, -0.25) is 0 Å². The van der Waals surface area contributed by atoms with Crippen LogP contribution in [0.3, 0.4) is 0 Å². The standard InChI is InChI=1S/C17H15F5N4O2/c1-15(2,27)11-7-12(16(28,8-24-26-23)17(20,21)22)25-14(13(11)19)9-3-5-10(18)6-4-9/h3-7,27-28H,8H2,1-2H3. The average Bonchev–Trinajstić information content (AvgIpc) is 2.58. The summed E-state index contributed by atoms with van der Waals surface area (Å²) < 4.78 is 68.7. The molecule has 0 saturated carbocycles. The van der Waals surface area contributed by atoms with Gasteiger partial charge in [0.2, 0.25) is 5.60 Å². The second-order valence-corrected chi connectivity index (χ2v) is 6.53. The van der Waals surface area contributed by atoms with Crippen LogP contribution in [0, 0.1) is 11.6 Å². The number of alkyl halides is 3. The second kappa shape index (κ2) is 7.34. The van der Waals surface area contributed by atoms with Gasteiger partial charge < -0.3 is 10.2 Å². The number of benzene rings is 1. The number of hydrogen-bond donors (Lipinski definition) is 2. The van der Waals surface area contributed by atoms with Crippen molar-refractivity contribution in [1.82, 2.24) is 4.98 Å². The quantitative estimate of drug-likeness (QED) is 0.337. The van der Waals surface area contributed by atoms with E-state index in [0.29, 0.717) is 6.07 Å². The highest BCUT2D eigenvalue weighted by Crippen LogP contribution is 2.41. The van der Waals surface area contributed by atoms with E-state index >= 15 is 0 Å². The minimum Gasteiger partial charge on any atom is -0.386 e. The Morgan fingerprint density at radius 1 is 1.11 bits per heavy atom. The molecule has 1 aromatic heterocycles. The summed E-state index contributed by atoms with van der Waals surface area (Å²) in [5, 5.41) is 23.2. The van der Waals surface area contributed by atoms with Crippen molar-refractivity contribution in [2.24, 2.45) is 5.11 Å². The minimum absolute atomic E-state index is 0.0837. The van der Waals surface area contributed by atoms with Gasteiger partial charge in [0.15, 0.2) is 5.82 Å². The van der Waals surface area contributed by atoms with E-state index < -0.39 is 52.5 Å². The van der Waals surface area contributed by atoms with Gasteiger partial charge in [0.05, 0.1) is 17.8 Å². The van der Waals surface area contributed by atoms with Gasteiger partial charge in [0.1, 0.15) is 11.5 Å². The summed E-state index contributed by atoms with van der Waals surface area (Å²) in [4.78, 5) is 5.79. The van der Waals surface area contributed by atoms with Crippen LogP contribution < -0.4 is 0 Å². The number of hydrogen-bond acceptors (Lipinski definition) is 4. The van der Waals surface area contributed by atoms with Crippen molar-refractivity contribution in [3.63, 3.8) is 0 Å². The number of aromatic nitrogens is 1. The van der Waals surface area contributed by atoms with E-state index in [9.17, 15) is 32.2 Å². The fraction of sp³-hybridized carbons (Fsp3) is 0.353. The number of rotatable bonds is 5.